The second-order valence-corrected chi connectivity index (χ2v) is 9.26. The number of ether oxygens (including phenoxy) is 1. The van der Waals surface area contributed by atoms with Crippen molar-refractivity contribution >= 4 is 23.4 Å². The molecule has 2 amide bonds. The normalized spacial score (nSPS) is 21.9. The van der Waals surface area contributed by atoms with Crippen LogP contribution in [0.3, 0.4) is 0 Å². The van der Waals surface area contributed by atoms with Gasteiger partial charge in [0.1, 0.15) is 0 Å². The van der Waals surface area contributed by atoms with E-state index in [0.717, 1.165) is 24.3 Å². The zero-order chi connectivity index (χ0) is 22.7. The van der Waals surface area contributed by atoms with Gasteiger partial charge in [0.05, 0.1) is 17.8 Å². The third kappa shape index (κ3) is 4.90. The number of H-pyrrole nitrogens is 1. The van der Waals surface area contributed by atoms with Crippen LogP contribution in [0.15, 0.2) is 18.3 Å². The Morgan fingerprint density at radius 2 is 1.91 bits per heavy atom. The Kier molecular flexibility index (Phi) is 6.98. The molecule has 32 heavy (non-hydrogen) atoms. The van der Waals surface area contributed by atoms with Crippen LogP contribution in [-0.4, -0.2) is 58.1 Å². The first kappa shape index (κ1) is 22.6. The monoisotopic (exact) mass is 459 g/mol. The first-order chi connectivity index (χ1) is 15.5. The van der Waals surface area contributed by atoms with Gasteiger partial charge in [0.2, 0.25) is 11.8 Å². The number of carbonyl (C=O) groups excluding carboxylic acids is 2. The minimum atomic E-state index is -0.223. The topological polar surface area (TPSA) is 100 Å². The molecule has 4 rings (SSSR count). The molecule has 0 atom stereocenters. The average molecular weight is 460 g/mol. The fourth-order valence-electron chi connectivity index (χ4n) is 4.56. The van der Waals surface area contributed by atoms with Gasteiger partial charge in [-0.3, -0.25) is 14.7 Å². The zero-order valence-electron chi connectivity index (χ0n) is 18.6. The van der Waals surface area contributed by atoms with Gasteiger partial charge >= 0.3 is 0 Å². The molecule has 172 valence electrons. The number of pyridine rings is 1. The Morgan fingerprint density at radius 3 is 2.59 bits per heavy atom. The Balaban J connectivity index is 1.34. The smallest absolute Gasteiger partial charge is 0.275 e. The lowest BCUT2D eigenvalue weighted by Gasteiger charge is -2.33. The van der Waals surface area contributed by atoms with Crippen LogP contribution in [0.2, 0.25) is 5.02 Å². The summed E-state index contributed by atoms with van der Waals surface area (Å²) in [7, 11) is 1.54. The van der Waals surface area contributed by atoms with Gasteiger partial charge in [-0.05, 0) is 50.5 Å². The van der Waals surface area contributed by atoms with E-state index in [1.54, 1.807) is 23.2 Å². The lowest BCUT2D eigenvalue weighted by Crippen LogP contribution is -2.46. The molecule has 2 aliphatic rings. The second-order valence-electron chi connectivity index (χ2n) is 8.88. The van der Waals surface area contributed by atoms with Crippen LogP contribution in [0, 0.1) is 11.8 Å². The van der Waals surface area contributed by atoms with Crippen molar-refractivity contribution in [2.45, 2.75) is 51.5 Å². The molecule has 2 aromatic rings. The number of piperidine rings is 1. The van der Waals surface area contributed by atoms with E-state index in [1.165, 1.54) is 20.0 Å². The maximum Gasteiger partial charge on any atom is 0.275 e. The Morgan fingerprint density at radius 1 is 1.19 bits per heavy atom. The first-order valence-electron chi connectivity index (χ1n) is 11.3. The molecular formula is C23H30ClN5O3. The summed E-state index contributed by atoms with van der Waals surface area (Å²) in [6.45, 7) is 3.30. The number of aromatic nitrogens is 3. The molecule has 9 heteroatoms. The number of likely N-dealkylation sites (tertiary alicyclic amines) is 1. The quantitative estimate of drug-likeness (QED) is 0.710. The molecule has 0 spiro atoms. The largest absolute Gasteiger partial charge is 0.481 e. The number of amides is 2. The number of nitrogens with zero attached hydrogens (tertiary/aromatic N) is 3. The van der Waals surface area contributed by atoms with E-state index >= 15 is 0 Å². The standard InChI is InChI=1S/C23H30ClN5O3/c1-14-3-5-17(6-4-14)26-22(30)15-8-11-29(12-9-15)23(31)21-19(24)20(27-28-21)16-7-10-25-18(13-16)32-2/h7,10,13-15,17H,3-6,8-9,11-12H2,1-2H3,(H,26,30)(H,27,28)/t14-,17-. The molecule has 0 radical (unpaired) electrons. The van der Waals surface area contributed by atoms with Crippen LogP contribution < -0.4 is 10.1 Å². The maximum absolute atomic E-state index is 13.0. The predicted octanol–water partition coefficient (Wildman–Crippen LogP) is 3.68. The summed E-state index contributed by atoms with van der Waals surface area (Å²) in [6, 6.07) is 3.80. The van der Waals surface area contributed by atoms with Crippen molar-refractivity contribution in [3.8, 4) is 17.1 Å². The second kappa shape index (κ2) is 9.90. The number of hydrogen-bond donors (Lipinski definition) is 2. The number of rotatable bonds is 5. The molecule has 8 nitrogen and oxygen atoms in total. The molecule has 1 aliphatic carbocycles. The van der Waals surface area contributed by atoms with Crippen molar-refractivity contribution in [1.29, 1.82) is 0 Å². The number of halogens is 1. The lowest BCUT2D eigenvalue weighted by molar-refractivity contribution is -0.127. The van der Waals surface area contributed by atoms with Crippen molar-refractivity contribution in [2.75, 3.05) is 20.2 Å². The Hall–Kier alpha value is -2.61. The van der Waals surface area contributed by atoms with Crippen molar-refractivity contribution in [3.63, 3.8) is 0 Å². The Bertz CT molecular complexity index is 962. The van der Waals surface area contributed by atoms with Crippen molar-refractivity contribution < 1.29 is 14.3 Å². The molecule has 3 heterocycles. The van der Waals surface area contributed by atoms with Gasteiger partial charge in [-0.1, -0.05) is 18.5 Å². The maximum atomic E-state index is 13.0. The van der Waals surface area contributed by atoms with Gasteiger partial charge in [-0.25, -0.2) is 4.98 Å². The van der Waals surface area contributed by atoms with Crippen LogP contribution in [-0.2, 0) is 4.79 Å². The van der Waals surface area contributed by atoms with Crippen molar-refractivity contribution in [2.24, 2.45) is 11.8 Å². The SMILES string of the molecule is COc1cc(-c2[nH]nc(C(=O)N3CCC(C(=O)N[C@H]4CC[C@H](C)CC4)CC3)c2Cl)ccn1. The summed E-state index contributed by atoms with van der Waals surface area (Å²) in [6.07, 6.45) is 7.39. The molecular weight excluding hydrogens is 430 g/mol. The van der Waals surface area contributed by atoms with Gasteiger partial charge in [-0.15, -0.1) is 0 Å². The predicted molar refractivity (Wildman–Crippen MR) is 122 cm³/mol. The van der Waals surface area contributed by atoms with Gasteiger partial charge in [0.15, 0.2) is 5.69 Å². The number of nitrogens with one attached hydrogen (secondary N) is 2. The number of methoxy groups -OCH3 is 1. The van der Waals surface area contributed by atoms with Crippen LogP contribution in [0.4, 0.5) is 0 Å². The van der Waals surface area contributed by atoms with E-state index in [-0.39, 0.29) is 28.4 Å². The highest BCUT2D eigenvalue weighted by Crippen LogP contribution is 2.31. The van der Waals surface area contributed by atoms with Crippen molar-refractivity contribution in [1.82, 2.24) is 25.4 Å². The molecule has 0 unspecified atom stereocenters. The highest BCUT2D eigenvalue weighted by atomic mass is 35.5. The lowest BCUT2D eigenvalue weighted by atomic mass is 9.86. The Labute approximate surface area is 193 Å². The summed E-state index contributed by atoms with van der Waals surface area (Å²) in [5, 5.41) is 10.5. The zero-order valence-corrected chi connectivity index (χ0v) is 19.3. The summed E-state index contributed by atoms with van der Waals surface area (Å²) in [5.74, 6) is 1.06. The van der Waals surface area contributed by atoms with E-state index in [9.17, 15) is 9.59 Å². The minimum absolute atomic E-state index is 0.0482. The molecule has 1 aliphatic heterocycles. The fraction of sp³-hybridized carbons (Fsp3) is 0.565. The summed E-state index contributed by atoms with van der Waals surface area (Å²) >= 11 is 6.50. The van der Waals surface area contributed by atoms with Crippen LogP contribution in [0.25, 0.3) is 11.3 Å². The summed E-state index contributed by atoms with van der Waals surface area (Å²) < 4.78 is 5.15. The number of aromatic amines is 1. The molecule has 0 aromatic carbocycles. The van der Waals surface area contributed by atoms with E-state index in [2.05, 4.69) is 27.4 Å². The fourth-order valence-corrected chi connectivity index (χ4v) is 4.83. The van der Waals surface area contributed by atoms with Gasteiger partial charge < -0.3 is 15.0 Å². The van der Waals surface area contributed by atoms with Crippen LogP contribution in [0.1, 0.15) is 55.9 Å². The summed E-state index contributed by atoms with van der Waals surface area (Å²) in [4.78, 5) is 31.5. The third-order valence-electron chi connectivity index (χ3n) is 6.66. The van der Waals surface area contributed by atoms with Crippen LogP contribution >= 0.6 is 11.6 Å². The van der Waals surface area contributed by atoms with Crippen LogP contribution in [0.5, 0.6) is 5.88 Å². The molecule has 0 bridgehead atoms. The highest BCUT2D eigenvalue weighted by molar-refractivity contribution is 6.36. The first-order valence-corrected chi connectivity index (χ1v) is 11.7. The van der Waals surface area contributed by atoms with E-state index in [4.69, 9.17) is 16.3 Å². The van der Waals surface area contributed by atoms with Gasteiger partial charge in [0.25, 0.3) is 5.91 Å². The van der Waals surface area contributed by atoms with E-state index in [1.807, 2.05) is 0 Å². The van der Waals surface area contributed by atoms with E-state index < -0.39 is 0 Å². The molecule has 2 N–H and O–H groups in total. The van der Waals surface area contributed by atoms with Crippen molar-refractivity contribution in [3.05, 3.63) is 29.0 Å². The third-order valence-corrected chi connectivity index (χ3v) is 7.03. The molecule has 2 aromatic heterocycles. The number of carbonyl (C=O) groups is 2. The highest BCUT2D eigenvalue weighted by Gasteiger charge is 2.31. The number of hydrogen-bond acceptors (Lipinski definition) is 5. The van der Waals surface area contributed by atoms with Gasteiger partial charge in [0, 0.05) is 42.9 Å². The molecule has 1 saturated carbocycles. The summed E-state index contributed by atoms with van der Waals surface area (Å²) in [5.41, 5.74) is 1.48. The van der Waals surface area contributed by atoms with E-state index in [0.29, 0.717) is 43.5 Å². The molecule has 1 saturated heterocycles. The minimum Gasteiger partial charge on any atom is -0.481 e. The molecule has 2 fully saturated rings. The average Bonchev–Trinajstić information content (AvgIpc) is 3.21. The van der Waals surface area contributed by atoms with Gasteiger partial charge in [-0.2, -0.15) is 5.10 Å².